The predicted octanol–water partition coefficient (Wildman–Crippen LogP) is -5.82. The summed E-state index contributed by atoms with van der Waals surface area (Å²) >= 11 is 1.11. The lowest BCUT2D eigenvalue weighted by atomic mass is 10.0. The van der Waals surface area contributed by atoms with Crippen LogP contribution in [0.25, 0.3) is 0 Å². The van der Waals surface area contributed by atoms with Crippen LogP contribution >= 0.6 is 11.8 Å². The molecule has 9 heteroatoms. The first-order chi connectivity index (χ1) is 8.38. The molecule has 1 aliphatic rings. The number of carboxylic acids is 1. The highest BCUT2D eigenvalue weighted by Gasteiger charge is 2.41. The highest BCUT2D eigenvalue weighted by Crippen LogP contribution is 2.19. The number of nitrogens with two attached hydrogens (primary N) is 1. The number of quaternary nitrogens is 1. The molecule has 0 amide bonds. The summed E-state index contributed by atoms with van der Waals surface area (Å²) in [6.45, 7) is -0.756. The lowest BCUT2D eigenvalue weighted by molar-refractivity contribution is -0.692. The Balaban J connectivity index is 2.54. The van der Waals surface area contributed by atoms with E-state index in [2.05, 4.69) is 0 Å². The Morgan fingerprint density at radius 1 is 1.33 bits per heavy atom. The van der Waals surface area contributed by atoms with Crippen molar-refractivity contribution in [3.63, 3.8) is 0 Å². The number of rotatable bonds is 6. The minimum absolute atomic E-state index is 0.218. The molecule has 106 valence electrons. The molecule has 1 fully saturated rings. The summed E-state index contributed by atoms with van der Waals surface area (Å²) in [4.78, 5) is 10.6. The maximum Gasteiger partial charge on any atom is 0.162 e. The van der Waals surface area contributed by atoms with Crippen molar-refractivity contribution < 1.29 is 40.8 Å². The van der Waals surface area contributed by atoms with Gasteiger partial charge in [0, 0.05) is 0 Å². The molecule has 0 aliphatic carbocycles. The summed E-state index contributed by atoms with van der Waals surface area (Å²) in [5, 5.41) is 57.8. The summed E-state index contributed by atoms with van der Waals surface area (Å²) in [5.41, 5.74) is 0. The van der Waals surface area contributed by atoms with Crippen LogP contribution in [0.5, 0.6) is 0 Å². The van der Waals surface area contributed by atoms with Gasteiger partial charge in [0.25, 0.3) is 0 Å². The van der Waals surface area contributed by atoms with Crippen molar-refractivity contribution in [1.29, 1.82) is 0 Å². The smallest absolute Gasteiger partial charge is 0.162 e. The molecule has 0 aromatic rings. The molecular formula is C9H17NO7S. The molecule has 0 aromatic carbocycles. The fourth-order valence-corrected chi connectivity index (χ4v) is 2.98. The third kappa shape index (κ3) is 3.54. The maximum absolute atomic E-state index is 10.6. The monoisotopic (exact) mass is 283 g/mol. The fraction of sp³-hybridized carbons (Fsp3) is 0.889. The van der Waals surface area contributed by atoms with E-state index in [0.717, 1.165) is 11.8 Å². The Labute approximate surface area is 107 Å². The topological polar surface area (TPSA) is 158 Å². The number of thioether (sulfide) groups is 1. The third-order valence-corrected chi connectivity index (χ3v) is 4.18. The van der Waals surface area contributed by atoms with E-state index < -0.39 is 48.4 Å². The molecule has 0 saturated carbocycles. The molecule has 7 N–H and O–H groups in total. The highest BCUT2D eigenvalue weighted by molar-refractivity contribution is 8.00. The van der Waals surface area contributed by atoms with Gasteiger partial charge >= 0.3 is 0 Å². The first-order valence-corrected chi connectivity index (χ1v) is 6.44. The maximum atomic E-state index is 10.6. The van der Waals surface area contributed by atoms with Gasteiger partial charge in [-0.3, -0.25) is 0 Å². The number of aliphatic carboxylic acids is 1. The summed E-state index contributed by atoms with van der Waals surface area (Å²) in [5.74, 6) is -1.04. The molecule has 6 atom stereocenters. The van der Waals surface area contributed by atoms with Crippen LogP contribution in [0.1, 0.15) is 0 Å². The number of aliphatic hydroxyl groups excluding tert-OH is 5. The number of hydrogen-bond donors (Lipinski definition) is 6. The van der Waals surface area contributed by atoms with Crippen LogP contribution in [0.15, 0.2) is 0 Å². The summed E-state index contributed by atoms with van der Waals surface area (Å²) in [7, 11) is 0. The second-order valence-corrected chi connectivity index (χ2v) is 5.35. The van der Waals surface area contributed by atoms with E-state index in [4.69, 9.17) is 10.2 Å². The van der Waals surface area contributed by atoms with Gasteiger partial charge in [0.05, 0.1) is 12.4 Å². The van der Waals surface area contributed by atoms with Gasteiger partial charge in [0.1, 0.15) is 36.4 Å². The normalized spacial score (nSPS) is 30.7. The lowest BCUT2D eigenvalue weighted by Crippen LogP contribution is -2.96. The van der Waals surface area contributed by atoms with Crippen molar-refractivity contribution in [2.45, 2.75) is 35.8 Å². The number of aliphatic hydroxyl groups is 5. The molecule has 18 heavy (non-hydrogen) atoms. The molecule has 1 rings (SSSR count). The average Bonchev–Trinajstić information content (AvgIpc) is 2.84. The van der Waals surface area contributed by atoms with E-state index in [1.807, 2.05) is 0 Å². The van der Waals surface area contributed by atoms with Gasteiger partial charge in [-0.25, -0.2) is 0 Å². The number of carbonyl (C=O) groups is 1. The van der Waals surface area contributed by atoms with Gasteiger partial charge in [0.15, 0.2) is 5.37 Å². The van der Waals surface area contributed by atoms with Crippen molar-refractivity contribution in [3.8, 4) is 0 Å². The van der Waals surface area contributed by atoms with Gasteiger partial charge in [-0.1, -0.05) is 11.8 Å². The Morgan fingerprint density at radius 3 is 2.39 bits per heavy atom. The van der Waals surface area contributed by atoms with Gasteiger partial charge in [-0.2, -0.15) is 0 Å². The molecule has 0 bridgehead atoms. The second kappa shape index (κ2) is 6.66. The van der Waals surface area contributed by atoms with Crippen molar-refractivity contribution in [2.75, 3.05) is 12.4 Å². The van der Waals surface area contributed by atoms with Crippen LogP contribution in [0.3, 0.4) is 0 Å². The van der Waals surface area contributed by atoms with E-state index >= 15 is 0 Å². The Bertz CT molecular complexity index is 292. The standard InChI is InChI=1S/C9H17NO7S/c11-1-4(12)5(13)6(14)7(15)8-10-3(2-18-8)9(16)17/h3-8,10-15H,1-2H2,(H,16,17)/t3-,4+,5+,6-,7+,8-/m0/s1. The minimum Gasteiger partial charge on any atom is -0.544 e. The number of carboxylic acid groups (broad SMARTS) is 1. The van der Waals surface area contributed by atoms with Crippen LogP contribution in [-0.4, -0.2) is 79.7 Å². The molecule has 8 nitrogen and oxygen atoms in total. The predicted molar refractivity (Wildman–Crippen MR) is 58.1 cm³/mol. The van der Waals surface area contributed by atoms with Gasteiger partial charge in [0.2, 0.25) is 0 Å². The fourth-order valence-electron chi connectivity index (χ4n) is 1.65. The Kier molecular flexibility index (Phi) is 5.79. The van der Waals surface area contributed by atoms with Crippen LogP contribution in [0.2, 0.25) is 0 Å². The SMILES string of the molecule is O=C([O-])[C@@H]1CS[C@@H]([C@H](O)[C@@H](O)[C@H](O)[C@H](O)CO)[NH2+]1. The quantitative estimate of drug-likeness (QED) is 0.281. The Morgan fingerprint density at radius 2 is 1.94 bits per heavy atom. The Hall–Kier alpha value is -0.420. The molecule has 1 saturated heterocycles. The van der Waals surface area contributed by atoms with E-state index in [9.17, 15) is 25.2 Å². The van der Waals surface area contributed by atoms with Crippen LogP contribution in [0.4, 0.5) is 0 Å². The van der Waals surface area contributed by atoms with Crippen molar-refractivity contribution in [3.05, 3.63) is 0 Å². The van der Waals surface area contributed by atoms with Gasteiger partial charge in [-0.15, -0.1) is 0 Å². The first-order valence-electron chi connectivity index (χ1n) is 5.39. The molecule has 1 heterocycles. The zero-order chi connectivity index (χ0) is 13.9. The molecule has 0 radical (unpaired) electrons. The second-order valence-electron chi connectivity index (χ2n) is 4.14. The summed E-state index contributed by atoms with van der Waals surface area (Å²) in [6.07, 6.45) is -6.39. The van der Waals surface area contributed by atoms with Crippen LogP contribution < -0.4 is 10.4 Å². The van der Waals surface area contributed by atoms with Gasteiger partial charge in [-0.05, 0) is 0 Å². The highest BCUT2D eigenvalue weighted by atomic mass is 32.2. The molecule has 1 aliphatic heterocycles. The van der Waals surface area contributed by atoms with Crippen molar-refractivity contribution in [1.82, 2.24) is 0 Å². The molecule has 0 unspecified atom stereocenters. The van der Waals surface area contributed by atoms with Crippen LogP contribution in [0, 0.1) is 0 Å². The van der Waals surface area contributed by atoms with Gasteiger partial charge < -0.3 is 40.8 Å². The van der Waals surface area contributed by atoms with E-state index in [-0.39, 0.29) is 5.75 Å². The summed E-state index contributed by atoms with van der Waals surface area (Å²) < 4.78 is 0. The van der Waals surface area contributed by atoms with E-state index in [1.54, 1.807) is 0 Å². The van der Waals surface area contributed by atoms with E-state index in [0.29, 0.717) is 0 Å². The largest absolute Gasteiger partial charge is 0.544 e. The number of hydrogen-bond acceptors (Lipinski definition) is 8. The molecule has 0 aromatic heterocycles. The first kappa shape index (κ1) is 15.6. The average molecular weight is 283 g/mol. The van der Waals surface area contributed by atoms with Crippen molar-refractivity contribution >= 4 is 17.7 Å². The summed E-state index contributed by atoms with van der Waals surface area (Å²) in [6, 6.07) is -0.818. The van der Waals surface area contributed by atoms with Crippen molar-refractivity contribution in [2.24, 2.45) is 0 Å². The van der Waals surface area contributed by atoms with E-state index in [1.165, 1.54) is 5.32 Å². The molecular weight excluding hydrogens is 266 g/mol. The molecule has 0 spiro atoms. The lowest BCUT2D eigenvalue weighted by Gasteiger charge is -2.27. The zero-order valence-electron chi connectivity index (χ0n) is 9.42. The van der Waals surface area contributed by atoms with Crippen LogP contribution in [-0.2, 0) is 4.79 Å². The zero-order valence-corrected chi connectivity index (χ0v) is 10.2. The third-order valence-electron chi connectivity index (χ3n) is 2.81. The number of carbonyl (C=O) groups excluding carboxylic acids is 1. The minimum atomic E-state index is -1.71.